The first-order valence-corrected chi connectivity index (χ1v) is 7.89. The molecule has 2 fully saturated rings. The first-order valence-electron chi connectivity index (χ1n) is 7.89. The summed E-state index contributed by atoms with van der Waals surface area (Å²) in [6.07, 6.45) is 4.68. The van der Waals surface area contributed by atoms with Crippen molar-refractivity contribution in [2.45, 2.75) is 37.5 Å². The number of carboxylic acids is 1. The van der Waals surface area contributed by atoms with Gasteiger partial charge in [0.25, 0.3) is 0 Å². The molecule has 0 radical (unpaired) electrons. The molecule has 0 unspecified atom stereocenters. The molecule has 0 amide bonds. The predicted octanol–water partition coefficient (Wildman–Crippen LogP) is 2.81. The van der Waals surface area contributed by atoms with Gasteiger partial charge in [-0.25, -0.2) is 0 Å². The Kier molecular flexibility index (Phi) is 4.15. The van der Waals surface area contributed by atoms with E-state index in [-0.39, 0.29) is 0 Å². The first kappa shape index (κ1) is 14.4. The molecule has 1 aliphatic heterocycles. The molecule has 1 saturated heterocycles. The van der Waals surface area contributed by atoms with Crippen LogP contribution >= 0.6 is 0 Å². The van der Waals surface area contributed by atoms with Crippen molar-refractivity contribution < 1.29 is 14.6 Å². The Hall–Kier alpha value is -1.55. The fraction of sp³-hybridized carbons (Fsp3) is 0.588. The second-order valence-electron chi connectivity index (χ2n) is 6.10. The minimum absolute atomic E-state index is 0.665. The Morgan fingerprint density at radius 2 is 1.86 bits per heavy atom. The van der Waals surface area contributed by atoms with E-state index >= 15 is 0 Å². The summed E-state index contributed by atoms with van der Waals surface area (Å²) in [6, 6.07) is 8.15. The van der Waals surface area contributed by atoms with Gasteiger partial charge >= 0.3 is 5.97 Å². The molecule has 0 atom stereocenters. The van der Waals surface area contributed by atoms with Crippen molar-refractivity contribution in [1.82, 2.24) is 0 Å². The van der Waals surface area contributed by atoms with Crippen molar-refractivity contribution in [1.29, 1.82) is 0 Å². The lowest BCUT2D eigenvalue weighted by atomic mass is 9.69. The van der Waals surface area contributed by atoms with Gasteiger partial charge in [0.15, 0.2) is 0 Å². The van der Waals surface area contributed by atoms with Crippen LogP contribution in [0, 0.1) is 0 Å². The highest BCUT2D eigenvalue weighted by atomic mass is 16.5. The largest absolute Gasteiger partial charge is 0.481 e. The molecule has 0 bridgehead atoms. The smallest absolute Gasteiger partial charge is 0.314 e. The van der Waals surface area contributed by atoms with Gasteiger partial charge in [-0.15, -0.1) is 0 Å². The Morgan fingerprint density at radius 3 is 2.52 bits per heavy atom. The van der Waals surface area contributed by atoms with Gasteiger partial charge in [0.1, 0.15) is 0 Å². The lowest BCUT2D eigenvalue weighted by Crippen LogP contribution is -2.39. The predicted molar refractivity (Wildman–Crippen MR) is 81.9 cm³/mol. The van der Waals surface area contributed by atoms with Crippen LogP contribution in [0.4, 0.5) is 5.69 Å². The lowest BCUT2D eigenvalue weighted by molar-refractivity contribution is -0.145. The quantitative estimate of drug-likeness (QED) is 0.929. The van der Waals surface area contributed by atoms with Gasteiger partial charge in [0.05, 0.1) is 18.6 Å². The van der Waals surface area contributed by atoms with Crippen molar-refractivity contribution >= 4 is 11.7 Å². The number of hydrogen-bond acceptors (Lipinski definition) is 3. The number of carbonyl (C=O) groups is 1. The maximum absolute atomic E-state index is 11.9. The van der Waals surface area contributed by atoms with Crippen molar-refractivity contribution in [2.75, 3.05) is 31.2 Å². The molecule has 0 aromatic heterocycles. The fourth-order valence-electron chi connectivity index (χ4n) is 3.60. The van der Waals surface area contributed by atoms with E-state index in [1.54, 1.807) is 0 Å². The summed E-state index contributed by atoms with van der Waals surface area (Å²) in [6.45, 7) is 3.25. The molecule has 2 aliphatic rings. The summed E-state index contributed by atoms with van der Waals surface area (Å²) in [5, 5.41) is 9.81. The van der Waals surface area contributed by atoms with Gasteiger partial charge in [-0.1, -0.05) is 31.4 Å². The van der Waals surface area contributed by atoms with Crippen molar-refractivity contribution in [2.24, 2.45) is 0 Å². The van der Waals surface area contributed by atoms with E-state index in [0.717, 1.165) is 69.7 Å². The third kappa shape index (κ3) is 2.77. The molecule has 114 valence electrons. The number of carboxylic acid groups (broad SMARTS) is 1. The zero-order chi connectivity index (χ0) is 14.7. The summed E-state index contributed by atoms with van der Waals surface area (Å²) >= 11 is 0. The van der Waals surface area contributed by atoms with Crippen molar-refractivity contribution in [3.63, 3.8) is 0 Å². The Balaban J connectivity index is 1.91. The monoisotopic (exact) mass is 289 g/mol. The van der Waals surface area contributed by atoms with E-state index in [9.17, 15) is 9.90 Å². The molecule has 0 spiro atoms. The number of morpholine rings is 1. The van der Waals surface area contributed by atoms with E-state index in [2.05, 4.69) is 17.0 Å². The van der Waals surface area contributed by atoms with Crippen LogP contribution in [-0.4, -0.2) is 37.4 Å². The third-order valence-electron chi connectivity index (χ3n) is 4.89. The summed E-state index contributed by atoms with van der Waals surface area (Å²) in [4.78, 5) is 14.2. The highest BCUT2D eigenvalue weighted by molar-refractivity contribution is 5.82. The van der Waals surface area contributed by atoms with Crippen LogP contribution in [0.2, 0.25) is 0 Å². The average Bonchev–Trinajstić information content (AvgIpc) is 2.56. The van der Waals surface area contributed by atoms with Crippen LogP contribution < -0.4 is 4.90 Å². The minimum Gasteiger partial charge on any atom is -0.481 e. The summed E-state index contributed by atoms with van der Waals surface area (Å²) < 4.78 is 5.39. The maximum atomic E-state index is 11.9. The molecule has 3 rings (SSSR count). The number of hydrogen-bond donors (Lipinski definition) is 1. The molecular formula is C17H23NO3. The highest BCUT2D eigenvalue weighted by Crippen LogP contribution is 2.40. The molecule has 4 heteroatoms. The van der Waals surface area contributed by atoms with Crippen LogP contribution in [0.3, 0.4) is 0 Å². The van der Waals surface area contributed by atoms with E-state index in [1.807, 2.05) is 12.1 Å². The van der Waals surface area contributed by atoms with Gasteiger partial charge in [0, 0.05) is 18.8 Å². The first-order chi connectivity index (χ1) is 10.2. The third-order valence-corrected chi connectivity index (χ3v) is 4.89. The Bertz CT molecular complexity index is 503. The van der Waals surface area contributed by atoms with Crippen LogP contribution in [0.1, 0.15) is 37.7 Å². The van der Waals surface area contributed by atoms with Crippen molar-refractivity contribution in [3.8, 4) is 0 Å². The zero-order valence-corrected chi connectivity index (χ0v) is 12.4. The van der Waals surface area contributed by atoms with Gasteiger partial charge in [0.2, 0.25) is 0 Å². The van der Waals surface area contributed by atoms with Crippen LogP contribution in [0.15, 0.2) is 24.3 Å². The van der Waals surface area contributed by atoms with Crippen LogP contribution in [0.5, 0.6) is 0 Å². The summed E-state index contributed by atoms with van der Waals surface area (Å²) in [7, 11) is 0. The second-order valence-corrected chi connectivity index (χ2v) is 6.10. The number of benzene rings is 1. The number of rotatable bonds is 3. The van der Waals surface area contributed by atoms with Crippen LogP contribution in [0.25, 0.3) is 0 Å². The molecule has 1 aromatic rings. The molecule has 1 N–H and O–H groups in total. The lowest BCUT2D eigenvalue weighted by Gasteiger charge is -2.35. The van der Waals surface area contributed by atoms with Gasteiger partial charge in [-0.05, 0) is 30.5 Å². The molecule has 21 heavy (non-hydrogen) atoms. The average molecular weight is 289 g/mol. The minimum atomic E-state index is -0.680. The second kappa shape index (κ2) is 6.06. The van der Waals surface area contributed by atoms with E-state index in [1.165, 1.54) is 0 Å². The highest BCUT2D eigenvalue weighted by Gasteiger charge is 2.41. The molecule has 1 heterocycles. The molecule has 1 aliphatic carbocycles. The SMILES string of the molecule is O=C(O)C1(c2cccc(N3CCOCC3)c2)CCCCC1. The number of nitrogens with zero attached hydrogens (tertiary/aromatic N) is 1. The van der Waals surface area contributed by atoms with Gasteiger partial charge < -0.3 is 14.7 Å². The van der Waals surface area contributed by atoms with Gasteiger partial charge in [-0.2, -0.15) is 0 Å². The number of ether oxygens (including phenoxy) is 1. The maximum Gasteiger partial charge on any atom is 0.314 e. The normalized spacial score (nSPS) is 22.0. The van der Waals surface area contributed by atoms with Gasteiger partial charge in [-0.3, -0.25) is 4.79 Å². The molecule has 1 aromatic carbocycles. The summed E-state index contributed by atoms with van der Waals surface area (Å²) in [5.74, 6) is -0.665. The molecule has 4 nitrogen and oxygen atoms in total. The van der Waals surface area contributed by atoms with E-state index in [4.69, 9.17) is 4.74 Å². The van der Waals surface area contributed by atoms with Crippen molar-refractivity contribution in [3.05, 3.63) is 29.8 Å². The Labute approximate surface area is 125 Å². The zero-order valence-electron chi connectivity index (χ0n) is 12.4. The Morgan fingerprint density at radius 1 is 1.14 bits per heavy atom. The molecular weight excluding hydrogens is 266 g/mol. The number of anilines is 1. The fourth-order valence-corrected chi connectivity index (χ4v) is 3.60. The topological polar surface area (TPSA) is 49.8 Å². The number of aliphatic carboxylic acids is 1. The van der Waals surface area contributed by atoms with Crippen LogP contribution in [-0.2, 0) is 14.9 Å². The van der Waals surface area contributed by atoms with E-state index in [0.29, 0.717) is 0 Å². The summed E-state index contributed by atoms with van der Waals surface area (Å²) in [5.41, 5.74) is 1.42. The van der Waals surface area contributed by atoms with E-state index < -0.39 is 11.4 Å². The standard InChI is InChI=1S/C17H23NO3/c19-16(20)17(7-2-1-3-8-17)14-5-4-6-15(13-14)18-9-11-21-12-10-18/h4-6,13H,1-3,7-12H2,(H,19,20). The molecule has 1 saturated carbocycles.